The minimum atomic E-state index is -0.544. The molecule has 0 aliphatic carbocycles. The van der Waals surface area contributed by atoms with Crippen LogP contribution in [0.15, 0.2) is 30.5 Å². The number of hydrogen-bond acceptors (Lipinski definition) is 6. The minimum Gasteiger partial charge on any atom is -0.432 e. The number of nitro groups is 1. The van der Waals surface area contributed by atoms with Gasteiger partial charge in [0.05, 0.1) is 4.92 Å². The first kappa shape index (κ1) is 14.0. The van der Waals surface area contributed by atoms with E-state index in [4.69, 9.17) is 16.3 Å². The Morgan fingerprint density at radius 2 is 2.25 bits per heavy atom. The van der Waals surface area contributed by atoms with Crippen molar-refractivity contribution in [1.82, 2.24) is 9.97 Å². The van der Waals surface area contributed by atoms with Crippen LogP contribution in [0.3, 0.4) is 0 Å². The normalized spacial score (nSPS) is 10.1. The van der Waals surface area contributed by atoms with Crippen LogP contribution in [0.2, 0.25) is 5.02 Å². The maximum atomic E-state index is 10.9. The molecule has 0 spiro atoms. The first-order valence-electron chi connectivity index (χ1n) is 5.79. The second-order valence-electron chi connectivity index (χ2n) is 3.72. The third-order valence-electron chi connectivity index (χ3n) is 2.30. The zero-order valence-corrected chi connectivity index (χ0v) is 11.3. The third-order valence-corrected chi connectivity index (χ3v) is 2.53. The largest absolute Gasteiger partial charge is 0.432 e. The second kappa shape index (κ2) is 6.16. The van der Waals surface area contributed by atoms with Crippen molar-refractivity contribution >= 4 is 23.2 Å². The summed E-state index contributed by atoms with van der Waals surface area (Å²) in [6.45, 7) is 2.56. The van der Waals surface area contributed by atoms with Crippen LogP contribution in [-0.2, 0) is 0 Å². The molecule has 0 unspecified atom stereocenters. The molecule has 0 radical (unpaired) electrons. The van der Waals surface area contributed by atoms with Crippen molar-refractivity contribution in [3.63, 3.8) is 0 Å². The van der Waals surface area contributed by atoms with Gasteiger partial charge in [0.1, 0.15) is 0 Å². The Labute approximate surface area is 119 Å². The average molecular weight is 295 g/mol. The molecule has 8 heteroatoms. The smallest absolute Gasteiger partial charge is 0.311 e. The van der Waals surface area contributed by atoms with Gasteiger partial charge in [0.25, 0.3) is 0 Å². The molecule has 0 bridgehead atoms. The summed E-state index contributed by atoms with van der Waals surface area (Å²) in [5.41, 5.74) is -0.182. The Bertz CT molecular complexity index is 636. The van der Waals surface area contributed by atoms with E-state index in [1.807, 2.05) is 6.92 Å². The van der Waals surface area contributed by atoms with Crippen molar-refractivity contribution in [1.29, 1.82) is 0 Å². The van der Waals surface area contributed by atoms with Gasteiger partial charge in [-0.1, -0.05) is 11.6 Å². The van der Waals surface area contributed by atoms with Crippen molar-refractivity contribution < 1.29 is 9.66 Å². The van der Waals surface area contributed by atoms with Gasteiger partial charge in [-0.15, -0.1) is 0 Å². The fourth-order valence-electron chi connectivity index (χ4n) is 1.48. The van der Waals surface area contributed by atoms with Crippen molar-refractivity contribution in [3.8, 4) is 11.6 Å². The molecular formula is C12H11ClN4O3. The van der Waals surface area contributed by atoms with Crippen LogP contribution in [0.4, 0.5) is 11.6 Å². The lowest BCUT2D eigenvalue weighted by Crippen LogP contribution is -2.02. The van der Waals surface area contributed by atoms with Gasteiger partial charge in [-0.25, -0.2) is 4.98 Å². The number of benzene rings is 1. The van der Waals surface area contributed by atoms with Crippen LogP contribution in [0.1, 0.15) is 6.92 Å². The molecule has 0 atom stereocenters. The van der Waals surface area contributed by atoms with Crippen LogP contribution in [0, 0.1) is 10.1 Å². The van der Waals surface area contributed by atoms with Gasteiger partial charge in [-0.3, -0.25) is 10.1 Å². The zero-order valence-electron chi connectivity index (χ0n) is 10.5. The first-order chi connectivity index (χ1) is 9.60. The number of ether oxygens (including phenoxy) is 1. The molecule has 0 aliphatic rings. The Morgan fingerprint density at radius 3 is 2.95 bits per heavy atom. The third kappa shape index (κ3) is 3.33. The van der Waals surface area contributed by atoms with E-state index in [9.17, 15) is 10.1 Å². The summed E-state index contributed by atoms with van der Waals surface area (Å²) in [4.78, 5) is 18.4. The quantitative estimate of drug-likeness (QED) is 0.672. The zero-order chi connectivity index (χ0) is 14.5. The molecule has 2 rings (SSSR count). The van der Waals surface area contributed by atoms with Gasteiger partial charge in [0, 0.05) is 36.0 Å². The Hall–Kier alpha value is -2.41. The van der Waals surface area contributed by atoms with E-state index in [1.54, 1.807) is 0 Å². The van der Waals surface area contributed by atoms with Crippen LogP contribution in [-0.4, -0.2) is 21.4 Å². The van der Waals surface area contributed by atoms with E-state index < -0.39 is 4.92 Å². The highest BCUT2D eigenvalue weighted by Crippen LogP contribution is 2.33. The SMILES string of the molecule is CCNc1nccc(Oc2cc(Cl)ccc2[N+](=O)[O-])n1. The van der Waals surface area contributed by atoms with Crippen molar-refractivity contribution in [2.45, 2.75) is 6.92 Å². The number of anilines is 1. The number of nitrogens with one attached hydrogen (secondary N) is 1. The van der Waals surface area contributed by atoms with E-state index in [-0.39, 0.29) is 17.3 Å². The van der Waals surface area contributed by atoms with E-state index in [2.05, 4.69) is 15.3 Å². The molecule has 1 heterocycles. The van der Waals surface area contributed by atoms with Gasteiger partial charge >= 0.3 is 5.69 Å². The van der Waals surface area contributed by atoms with Crippen molar-refractivity contribution in [2.75, 3.05) is 11.9 Å². The molecule has 104 valence electrons. The summed E-state index contributed by atoms with van der Waals surface area (Å²) in [7, 11) is 0. The van der Waals surface area contributed by atoms with Gasteiger partial charge in [0.15, 0.2) is 0 Å². The number of aromatic nitrogens is 2. The van der Waals surface area contributed by atoms with Crippen molar-refractivity contribution in [3.05, 3.63) is 45.6 Å². The van der Waals surface area contributed by atoms with Crippen molar-refractivity contribution in [2.24, 2.45) is 0 Å². The molecule has 1 aromatic heterocycles. The number of nitrogens with zero attached hydrogens (tertiary/aromatic N) is 3. The highest BCUT2D eigenvalue weighted by Gasteiger charge is 2.16. The number of hydrogen-bond donors (Lipinski definition) is 1. The summed E-state index contributed by atoms with van der Waals surface area (Å²) in [6.07, 6.45) is 1.50. The Kier molecular flexibility index (Phi) is 4.31. The van der Waals surface area contributed by atoms with E-state index in [0.29, 0.717) is 17.5 Å². The summed E-state index contributed by atoms with van der Waals surface area (Å²) >= 11 is 5.82. The highest BCUT2D eigenvalue weighted by molar-refractivity contribution is 6.30. The Morgan fingerprint density at radius 1 is 1.45 bits per heavy atom. The minimum absolute atomic E-state index is 0.0312. The van der Waals surface area contributed by atoms with Gasteiger partial charge in [0.2, 0.25) is 17.6 Å². The lowest BCUT2D eigenvalue weighted by Gasteiger charge is -2.07. The summed E-state index contributed by atoms with van der Waals surface area (Å²) in [6, 6.07) is 5.58. The molecule has 20 heavy (non-hydrogen) atoms. The maximum absolute atomic E-state index is 10.9. The van der Waals surface area contributed by atoms with E-state index in [0.717, 1.165) is 0 Å². The molecule has 1 aromatic carbocycles. The van der Waals surface area contributed by atoms with Gasteiger partial charge in [-0.2, -0.15) is 4.98 Å². The average Bonchev–Trinajstić information content (AvgIpc) is 2.39. The fraction of sp³-hybridized carbons (Fsp3) is 0.167. The highest BCUT2D eigenvalue weighted by atomic mass is 35.5. The lowest BCUT2D eigenvalue weighted by atomic mass is 10.3. The van der Waals surface area contributed by atoms with Crippen LogP contribution < -0.4 is 10.1 Å². The summed E-state index contributed by atoms with van der Waals surface area (Å²) in [5, 5.41) is 14.2. The molecule has 0 amide bonds. The Balaban J connectivity index is 2.31. The summed E-state index contributed by atoms with van der Waals surface area (Å²) < 4.78 is 5.42. The van der Waals surface area contributed by atoms with E-state index in [1.165, 1.54) is 30.5 Å². The second-order valence-corrected chi connectivity index (χ2v) is 4.16. The van der Waals surface area contributed by atoms with Gasteiger partial charge < -0.3 is 10.1 Å². The predicted molar refractivity (Wildman–Crippen MR) is 74.4 cm³/mol. The van der Waals surface area contributed by atoms with E-state index >= 15 is 0 Å². The summed E-state index contributed by atoms with van der Waals surface area (Å²) in [5.74, 6) is 0.611. The maximum Gasteiger partial charge on any atom is 0.311 e. The topological polar surface area (TPSA) is 90.2 Å². The molecule has 0 saturated heterocycles. The monoisotopic (exact) mass is 294 g/mol. The van der Waals surface area contributed by atoms with Crippen LogP contribution >= 0.6 is 11.6 Å². The van der Waals surface area contributed by atoms with Crippen LogP contribution in [0.5, 0.6) is 11.6 Å². The molecule has 0 aliphatic heterocycles. The first-order valence-corrected chi connectivity index (χ1v) is 6.16. The fourth-order valence-corrected chi connectivity index (χ4v) is 1.64. The molecule has 0 fully saturated rings. The number of nitro benzene ring substituents is 1. The molecule has 7 nitrogen and oxygen atoms in total. The molecule has 0 saturated carbocycles. The standard InChI is InChI=1S/C12H11ClN4O3/c1-2-14-12-15-6-5-11(16-12)20-10-7-8(13)3-4-9(10)17(18)19/h3-7H,2H2,1H3,(H,14,15,16). The lowest BCUT2D eigenvalue weighted by molar-refractivity contribution is -0.385. The van der Waals surface area contributed by atoms with Crippen LogP contribution in [0.25, 0.3) is 0 Å². The molecule has 2 aromatic rings. The molecule has 1 N–H and O–H groups in total. The van der Waals surface area contributed by atoms with Gasteiger partial charge in [-0.05, 0) is 13.0 Å². The number of halogens is 1. The number of rotatable bonds is 5. The predicted octanol–water partition coefficient (Wildman–Crippen LogP) is 3.26. The molecular weight excluding hydrogens is 284 g/mol.